The van der Waals surface area contributed by atoms with Gasteiger partial charge in [-0.1, -0.05) is 0 Å². The van der Waals surface area contributed by atoms with Crippen molar-refractivity contribution in [2.75, 3.05) is 37.5 Å². The van der Waals surface area contributed by atoms with Crippen LogP contribution in [0.15, 0.2) is 24.4 Å². The molecule has 0 saturated carbocycles. The molecule has 2 aromatic heterocycles. The fourth-order valence-corrected chi connectivity index (χ4v) is 4.54. The number of rotatable bonds is 3. The first-order valence-corrected chi connectivity index (χ1v) is 11.9. The van der Waals surface area contributed by atoms with Crippen LogP contribution >= 0.6 is 0 Å². The van der Waals surface area contributed by atoms with Crippen LogP contribution in [0.25, 0.3) is 22.3 Å². The summed E-state index contributed by atoms with van der Waals surface area (Å²) in [5.41, 5.74) is 1.19. The van der Waals surface area contributed by atoms with Crippen molar-refractivity contribution < 1.29 is 22.3 Å². The van der Waals surface area contributed by atoms with Crippen LogP contribution in [-0.2, 0) is 19.3 Å². The number of nitrogens with zero attached hydrogens (tertiary/aromatic N) is 3. The predicted molar refractivity (Wildman–Crippen MR) is 115 cm³/mol. The Hall–Kier alpha value is -2.72. The van der Waals surface area contributed by atoms with Crippen LogP contribution in [0.4, 0.5) is 10.2 Å². The van der Waals surface area contributed by atoms with Gasteiger partial charge >= 0.3 is 0 Å². The van der Waals surface area contributed by atoms with Gasteiger partial charge in [0.2, 0.25) is 0 Å². The zero-order valence-corrected chi connectivity index (χ0v) is 18.3. The molecule has 0 bridgehead atoms. The number of benzene rings is 1. The molecule has 1 N–H and O–H groups in total. The van der Waals surface area contributed by atoms with Gasteiger partial charge in [0.15, 0.2) is 27.2 Å². The van der Waals surface area contributed by atoms with Gasteiger partial charge in [0.1, 0.15) is 22.9 Å². The van der Waals surface area contributed by atoms with Crippen LogP contribution in [0, 0.1) is 5.82 Å². The molecule has 1 unspecified atom stereocenters. The number of morpholine rings is 1. The van der Waals surface area contributed by atoms with Gasteiger partial charge in [-0.2, -0.15) is 0 Å². The Morgan fingerprint density at radius 3 is 2.81 bits per heavy atom. The predicted octanol–water partition coefficient (Wildman–Crippen LogP) is 2.64. The van der Waals surface area contributed by atoms with E-state index in [-0.39, 0.29) is 23.1 Å². The molecule has 1 atom stereocenters. The van der Waals surface area contributed by atoms with Gasteiger partial charge in [0.05, 0.1) is 24.8 Å². The molecule has 5 rings (SSSR count). The van der Waals surface area contributed by atoms with Crippen LogP contribution in [0.1, 0.15) is 19.5 Å². The number of fused-ring (bicyclic) bond motifs is 4. The van der Waals surface area contributed by atoms with Gasteiger partial charge < -0.3 is 19.4 Å². The number of ether oxygens (including phenoxy) is 2. The summed E-state index contributed by atoms with van der Waals surface area (Å²) < 4.78 is 50.6. The summed E-state index contributed by atoms with van der Waals surface area (Å²) in [6, 6.07) is 4.71. The first kappa shape index (κ1) is 20.2. The van der Waals surface area contributed by atoms with E-state index in [2.05, 4.69) is 9.97 Å². The molecule has 1 saturated heterocycles. The molecular formula is C21H23FN4O4S. The van der Waals surface area contributed by atoms with E-state index in [0.717, 1.165) is 11.8 Å². The van der Waals surface area contributed by atoms with E-state index in [0.29, 0.717) is 43.3 Å². The Bertz CT molecular complexity index is 1290. The van der Waals surface area contributed by atoms with Crippen molar-refractivity contribution >= 4 is 26.6 Å². The van der Waals surface area contributed by atoms with Crippen molar-refractivity contribution in [2.45, 2.75) is 24.6 Å². The number of aromatic nitrogens is 3. The maximum atomic E-state index is 15.0. The number of nitrogens with one attached hydrogen (secondary N) is 1. The maximum absolute atomic E-state index is 15.0. The van der Waals surface area contributed by atoms with Crippen LogP contribution in [-0.4, -0.2) is 62.0 Å². The summed E-state index contributed by atoms with van der Waals surface area (Å²) in [6.07, 6.45) is 2.88. The minimum absolute atomic E-state index is 0.0499. The lowest BCUT2D eigenvalue weighted by Crippen LogP contribution is -2.52. The second-order valence-electron chi connectivity index (χ2n) is 8.43. The van der Waals surface area contributed by atoms with Crippen molar-refractivity contribution in [3.8, 4) is 17.1 Å². The first-order chi connectivity index (χ1) is 14.7. The van der Waals surface area contributed by atoms with Gasteiger partial charge in [0, 0.05) is 29.9 Å². The molecule has 164 valence electrons. The van der Waals surface area contributed by atoms with Crippen LogP contribution in [0.3, 0.4) is 0 Å². The van der Waals surface area contributed by atoms with Gasteiger partial charge in [-0.05, 0) is 32.0 Å². The molecule has 1 aromatic carbocycles. The van der Waals surface area contributed by atoms with Crippen molar-refractivity contribution in [3.63, 3.8) is 0 Å². The molecule has 4 heterocycles. The third kappa shape index (κ3) is 3.08. The lowest BCUT2D eigenvalue weighted by Gasteiger charge is -2.41. The fourth-order valence-electron chi connectivity index (χ4n) is 4.05. The average molecular weight is 447 g/mol. The lowest BCUT2D eigenvalue weighted by molar-refractivity contribution is 0.0691. The number of hydrogen-bond acceptors (Lipinski definition) is 7. The Labute approximate surface area is 179 Å². The number of anilines is 1. The van der Waals surface area contributed by atoms with Crippen molar-refractivity contribution in [1.29, 1.82) is 0 Å². The molecule has 10 heteroatoms. The number of sulfone groups is 1. The molecule has 0 amide bonds. The second kappa shape index (κ2) is 6.89. The molecule has 3 aromatic rings. The van der Waals surface area contributed by atoms with Crippen LogP contribution in [0.5, 0.6) is 5.75 Å². The number of aromatic amines is 1. The molecule has 2 aliphatic heterocycles. The summed E-state index contributed by atoms with van der Waals surface area (Å²) in [6.45, 7) is 5.07. The zero-order chi connectivity index (χ0) is 22.0. The minimum Gasteiger partial charge on any atom is -0.486 e. The Balaban J connectivity index is 1.82. The number of hydrogen-bond donors (Lipinski definition) is 1. The van der Waals surface area contributed by atoms with Crippen LogP contribution < -0.4 is 9.64 Å². The van der Waals surface area contributed by atoms with Crippen molar-refractivity contribution in [1.82, 2.24) is 15.0 Å². The molecule has 8 nitrogen and oxygen atoms in total. The highest BCUT2D eigenvalue weighted by molar-refractivity contribution is 7.91. The third-order valence-electron chi connectivity index (χ3n) is 6.17. The van der Waals surface area contributed by atoms with E-state index >= 15 is 4.39 Å². The Morgan fingerprint density at radius 1 is 1.23 bits per heavy atom. The van der Waals surface area contributed by atoms with Gasteiger partial charge in [-0.25, -0.2) is 22.8 Å². The van der Waals surface area contributed by atoms with E-state index < -0.39 is 20.4 Å². The second-order valence-corrected chi connectivity index (χ2v) is 11.0. The van der Waals surface area contributed by atoms with E-state index in [1.54, 1.807) is 32.2 Å². The Kier molecular flexibility index (Phi) is 4.49. The largest absolute Gasteiger partial charge is 0.486 e. The highest BCUT2D eigenvalue weighted by Crippen LogP contribution is 2.44. The summed E-state index contributed by atoms with van der Waals surface area (Å²) in [4.78, 5) is 14.4. The Morgan fingerprint density at radius 2 is 2.03 bits per heavy atom. The molecule has 1 fully saturated rings. The van der Waals surface area contributed by atoms with Crippen LogP contribution in [0.2, 0.25) is 0 Å². The highest BCUT2D eigenvalue weighted by atomic mass is 32.2. The van der Waals surface area contributed by atoms with E-state index in [4.69, 9.17) is 14.5 Å². The summed E-state index contributed by atoms with van der Waals surface area (Å²) >= 11 is 0. The normalized spacial score (nSPS) is 19.1. The lowest BCUT2D eigenvalue weighted by atomic mass is 10.0. The quantitative estimate of drug-likeness (QED) is 0.661. The SMILES string of the molecule is CC(C)(c1nc(-c2c(F)ccc3[nH]ccc23)nc2c1OCC1COCCN21)S(C)(=O)=O. The molecular weight excluding hydrogens is 423 g/mol. The molecule has 0 aliphatic carbocycles. The first-order valence-electron chi connectivity index (χ1n) is 10.0. The van der Waals surface area contributed by atoms with E-state index in [1.165, 1.54) is 6.07 Å². The summed E-state index contributed by atoms with van der Waals surface area (Å²) in [7, 11) is -3.57. The average Bonchev–Trinajstić information content (AvgIpc) is 3.20. The standard InChI is InChI=1S/C21H23FN4O4S/c1-21(2,31(3,27)28)18-17-20(26-8-9-29-10-12(26)11-30-17)25-19(24-18)16-13-6-7-23-15(13)5-4-14(16)22/h4-7,12,23H,8-11H2,1-3H3. The number of H-pyrrole nitrogens is 1. The molecule has 2 aliphatic rings. The molecule has 0 radical (unpaired) electrons. The van der Waals surface area contributed by atoms with Gasteiger partial charge in [0.25, 0.3) is 0 Å². The summed E-state index contributed by atoms with van der Waals surface area (Å²) in [5, 5.41) is 0.623. The zero-order valence-electron chi connectivity index (χ0n) is 17.5. The van der Waals surface area contributed by atoms with E-state index in [9.17, 15) is 8.42 Å². The fraction of sp³-hybridized carbons (Fsp3) is 0.429. The monoisotopic (exact) mass is 446 g/mol. The van der Waals surface area contributed by atoms with Crippen molar-refractivity contribution in [2.24, 2.45) is 0 Å². The maximum Gasteiger partial charge on any atom is 0.185 e. The summed E-state index contributed by atoms with van der Waals surface area (Å²) in [5.74, 6) is 0.455. The van der Waals surface area contributed by atoms with Gasteiger partial charge in [-0.15, -0.1) is 0 Å². The van der Waals surface area contributed by atoms with Crippen molar-refractivity contribution in [3.05, 3.63) is 35.9 Å². The third-order valence-corrected chi connectivity index (χ3v) is 8.22. The number of halogens is 1. The molecule has 31 heavy (non-hydrogen) atoms. The highest BCUT2D eigenvalue weighted by Gasteiger charge is 2.42. The van der Waals surface area contributed by atoms with E-state index in [1.807, 2.05) is 4.90 Å². The molecule has 0 spiro atoms. The van der Waals surface area contributed by atoms with Gasteiger partial charge in [-0.3, -0.25) is 0 Å². The smallest absolute Gasteiger partial charge is 0.185 e. The topological polar surface area (TPSA) is 97.4 Å². The minimum atomic E-state index is -3.57.